The van der Waals surface area contributed by atoms with Gasteiger partial charge >= 0.3 is 0 Å². The molecule has 0 spiro atoms. The first-order valence-electron chi connectivity index (χ1n) is 10.9. The second kappa shape index (κ2) is 8.88. The first-order chi connectivity index (χ1) is 15.6. The quantitative estimate of drug-likeness (QED) is 0.540. The van der Waals surface area contributed by atoms with E-state index in [-0.39, 0.29) is 23.9 Å². The monoisotopic (exact) mass is 489 g/mol. The van der Waals surface area contributed by atoms with E-state index >= 15 is 0 Å². The van der Waals surface area contributed by atoms with E-state index in [1.807, 2.05) is 59.5 Å². The van der Waals surface area contributed by atoms with Gasteiger partial charge in [-0.25, -0.2) is 5.43 Å². The number of hydrazine groups is 1. The molecule has 5 rings (SSSR count). The average Bonchev–Trinajstić information content (AvgIpc) is 3.44. The molecule has 0 aliphatic carbocycles. The molecule has 2 aliphatic heterocycles. The lowest BCUT2D eigenvalue weighted by atomic mass is 10.0. The Bertz CT molecular complexity index is 1190. The smallest absolute Gasteiger partial charge is 0.260 e. The highest BCUT2D eigenvalue weighted by Crippen LogP contribution is 2.31. The van der Waals surface area contributed by atoms with Crippen LogP contribution in [0.15, 0.2) is 77.3 Å². The zero-order valence-corrected chi connectivity index (χ0v) is 19.2. The molecule has 0 radical (unpaired) electrons. The van der Waals surface area contributed by atoms with Crippen molar-refractivity contribution < 1.29 is 9.59 Å². The van der Waals surface area contributed by atoms with E-state index < -0.39 is 0 Å². The molecule has 3 aromatic carbocycles. The van der Waals surface area contributed by atoms with Crippen LogP contribution in [0.5, 0.6) is 0 Å². The Kier molecular flexibility index (Phi) is 5.81. The van der Waals surface area contributed by atoms with Gasteiger partial charge in [0.1, 0.15) is 0 Å². The van der Waals surface area contributed by atoms with Crippen molar-refractivity contribution in [2.24, 2.45) is 0 Å². The maximum Gasteiger partial charge on any atom is 0.260 e. The van der Waals surface area contributed by atoms with E-state index in [1.54, 1.807) is 11.1 Å². The van der Waals surface area contributed by atoms with Gasteiger partial charge in [0.2, 0.25) is 5.91 Å². The van der Waals surface area contributed by atoms with Gasteiger partial charge in [0.15, 0.2) is 0 Å². The summed E-state index contributed by atoms with van der Waals surface area (Å²) in [5.74, 6) is 0.0497. The molecule has 0 saturated carbocycles. The summed E-state index contributed by atoms with van der Waals surface area (Å²) in [6.07, 6.45) is 4.94. The minimum atomic E-state index is -0.125. The highest BCUT2D eigenvalue weighted by molar-refractivity contribution is 9.10. The van der Waals surface area contributed by atoms with E-state index in [1.165, 1.54) is 0 Å². The van der Waals surface area contributed by atoms with Crippen molar-refractivity contribution in [1.29, 1.82) is 0 Å². The maximum absolute atomic E-state index is 13.1. The van der Waals surface area contributed by atoms with Crippen LogP contribution in [-0.4, -0.2) is 40.9 Å². The molecule has 0 aromatic heterocycles. The normalized spacial score (nSPS) is 21.2. The molecule has 6 heteroatoms. The molecule has 2 atom stereocenters. The van der Waals surface area contributed by atoms with Crippen molar-refractivity contribution in [3.8, 4) is 0 Å². The number of carbonyl (C=O) groups is 2. The molecule has 5 nitrogen and oxygen atoms in total. The first-order valence-corrected chi connectivity index (χ1v) is 11.7. The zero-order chi connectivity index (χ0) is 22.1. The fourth-order valence-electron chi connectivity index (χ4n) is 4.66. The predicted molar refractivity (Wildman–Crippen MR) is 129 cm³/mol. The van der Waals surface area contributed by atoms with Crippen LogP contribution in [0, 0.1) is 0 Å². The van der Waals surface area contributed by atoms with Gasteiger partial charge in [-0.1, -0.05) is 70.5 Å². The highest BCUT2D eigenvalue weighted by Gasteiger charge is 2.41. The van der Waals surface area contributed by atoms with Gasteiger partial charge in [0, 0.05) is 23.5 Å². The summed E-state index contributed by atoms with van der Waals surface area (Å²) < 4.78 is 0.999. The van der Waals surface area contributed by atoms with E-state index in [2.05, 4.69) is 39.6 Å². The SMILES string of the molecule is O=C(/C=C/c1cccc2ccccc12)N1CC(N2CCCC2=O)C(c2ccc(Br)cc2)N1. The third kappa shape index (κ3) is 4.08. The molecular formula is C26H24BrN3O2. The van der Waals surface area contributed by atoms with Crippen molar-refractivity contribution in [3.63, 3.8) is 0 Å². The van der Waals surface area contributed by atoms with E-state index in [4.69, 9.17) is 0 Å². The number of hydrogen-bond donors (Lipinski definition) is 1. The summed E-state index contributed by atoms with van der Waals surface area (Å²) in [7, 11) is 0. The van der Waals surface area contributed by atoms with E-state index in [9.17, 15) is 9.59 Å². The summed E-state index contributed by atoms with van der Waals surface area (Å²) in [6, 6.07) is 22.1. The van der Waals surface area contributed by atoms with Gasteiger partial charge in [-0.15, -0.1) is 0 Å². The number of likely N-dealkylation sites (tertiary alicyclic amines) is 1. The van der Waals surface area contributed by atoms with Crippen molar-refractivity contribution >= 4 is 44.6 Å². The summed E-state index contributed by atoms with van der Waals surface area (Å²) in [5.41, 5.74) is 5.44. The minimum absolute atomic E-state index is 0.0823. The summed E-state index contributed by atoms with van der Waals surface area (Å²) >= 11 is 3.48. The first kappa shape index (κ1) is 20.9. The number of fused-ring (bicyclic) bond motifs is 1. The number of amides is 2. The molecular weight excluding hydrogens is 466 g/mol. The molecule has 2 fully saturated rings. The standard InChI is InChI=1S/C26H24BrN3O2/c27-21-13-10-20(11-14-21)26-23(29-16-4-9-24(29)31)17-30(28-26)25(32)15-12-19-7-3-6-18-5-1-2-8-22(18)19/h1-3,5-8,10-15,23,26,28H,4,9,16-17H2/b15-12+. The van der Waals surface area contributed by atoms with Gasteiger partial charge < -0.3 is 4.90 Å². The highest BCUT2D eigenvalue weighted by atomic mass is 79.9. The Morgan fingerprint density at radius 1 is 1.03 bits per heavy atom. The van der Waals surface area contributed by atoms with Crippen LogP contribution in [0.3, 0.4) is 0 Å². The largest absolute Gasteiger partial charge is 0.336 e. The fraction of sp³-hybridized carbons (Fsp3) is 0.231. The molecule has 2 saturated heterocycles. The van der Waals surface area contributed by atoms with Gasteiger partial charge in [-0.05, 0) is 46.5 Å². The maximum atomic E-state index is 13.1. The molecule has 162 valence electrons. The number of rotatable bonds is 4. The molecule has 3 aromatic rings. The third-order valence-electron chi connectivity index (χ3n) is 6.28. The van der Waals surface area contributed by atoms with Crippen LogP contribution >= 0.6 is 15.9 Å². The van der Waals surface area contributed by atoms with Crippen molar-refractivity contribution in [2.75, 3.05) is 13.1 Å². The Morgan fingerprint density at radius 3 is 2.59 bits per heavy atom. The van der Waals surface area contributed by atoms with Crippen LogP contribution in [0.1, 0.15) is 30.0 Å². The third-order valence-corrected chi connectivity index (χ3v) is 6.81. The van der Waals surface area contributed by atoms with Crippen LogP contribution < -0.4 is 5.43 Å². The predicted octanol–water partition coefficient (Wildman–Crippen LogP) is 4.69. The topological polar surface area (TPSA) is 52.7 Å². The van der Waals surface area contributed by atoms with Crippen molar-refractivity contribution in [3.05, 3.63) is 88.4 Å². The molecule has 2 aliphatic rings. The lowest BCUT2D eigenvalue weighted by molar-refractivity contribution is -0.131. The minimum Gasteiger partial charge on any atom is -0.336 e. The van der Waals surface area contributed by atoms with Crippen LogP contribution in [-0.2, 0) is 9.59 Å². The molecule has 32 heavy (non-hydrogen) atoms. The number of nitrogens with zero attached hydrogens (tertiary/aromatic N) is 2. The number of halogens is 1. The number of carbonyl (C=O) groups excluding carboxylic acids is 2. The van der Waals surface area contributed by atoms with E-state index in [0.29, 0.717) is 13.0 Å². The Labute approximate surface area is 195 Å². The Hall–Kier alpha value is -2.96. The zero-order valence-electron chi connectivity index (χ0n) is 17.6. The molecule has 2 amide bonds. The number of nitrogens with one attached hydrogen (secondary N) is 1. The summed E-state index contributed by atoms with van der Waals surface area (Å²) in [4.78, 5) is 27.5. The van der Waals surface area contributed by atoms with Crippen LogP contribution in [0.4, 0.5) is 0 Å². The molecule has 2 unspecified atom stereocenters. The Balaban J connectivity index is 1.39. The van der Waals surface area contributed by atoms with Gasteiger partial charge in [0.05, 0.1) is 18.6 Å². The molecule has 1 N–H and O–H groups in total. The van der Waals surface area contributed by atoms with E-state index in [0.717, 1.165) is 39.3 Å². The fourth-order valence-corrected chi connectivity index (χ4v) is 4.93. The van der Waals surface area contributed by atoms with Gasteiger partial charge in [-0.3, -0.25) is 14.6 Å². The molecule has 2 heterocycles. The van der Waals surface area contributed by atoms with Crippen molar-refractivity contribution in [1.82, 2.24) is 15.3 Å². The number of benzene rings is 3. The van der Waals surface area contributed by atoms with Gasteiger partial charge in [-0.2, -0.15) is 0 Å². The van der Waals surface area contributed by atoms with Gasteiger partial charge in [0.25, 0.3) is 5.91 Å². The second-order valence-electron chi connectivity index (χ2n) is 8.27. The lowest BCUT2D eigenvalue weighted by Gasteiger charge is -2.27. The van der Waals surface area contributed by atoms with Crippen molar-refractivity contribution in [2.45, 2.75) is 24.9 Å². The lowest BCUT2D eigenvalue weighted by Crippen LogP contribution is -2.41. The molecule has 0 bridgehead atoms. The van der Waals surface area contributed by atoms with Crippen LogP contribution in [0.25, 0.3) is 16.8 Å². The summed E-state index contributed by atoms with van der Waals surface area (Å²) in [5, 5.41) is 3.90. The number of hydrogen-bond acceptors (Lipinski definition) is 3. The van der Waals surface area contributed by atoms with Crippen LogP contribution in [0.2, 0.25) is 0 Å². The second-order valence-corrected chi connectivity index (χ2v) is 9.18. The summed E-state index contributed by atoms with van der Waals surface area (Å²) in [6.45, 7) is 1.21. The average molecular weight is 490 g/mol. The Morgan fingerprint density at radius 2 is 1.81 bits per heavy atom.